The predicted molar refractivity (Wildman–Crippen MR) is 62.8 cm³/mol. The average molecular weight is 229 g/mol. The van der Waals surface area contributed by atoms with E-state index in [2.05, 4.69) is 15.3 Å². The summed E-state index contributed by atoms with van der Waals surface area (Å²) in [5.41, 5.74) is 1.64. The maximum Gasteiger partial charge on any atom is 0.337 e. The highest BCUT2D eigenvalue weighted by atomic mass is 16.4. The van der Waals surface area contributed by atoms with E-state index >= 15 is 0 Å². The third kappa shape index (κ3) is 2.78. The Hall–Kier alpha value is -2.43. The van der Waals surface area contributed by atoms with E-state index in [9.17, 15) is 4.79 Å². The maximum atomic E-state index is 11.0. The molecule has 2 aromatic rings. The number of para-hydroxylation sites is 1. The van der Waals surface area contributed by atoms with Crippen molar-refractivity contribution in [2.45, 2.75) is 6.54 Å². The lowest BCUT2D eigenvalue weighted by Gasteiger charge is -2.08. The van der Waals surface area contributed by atoms with Gasteiger partial charge in [-0.1, -0.05) is 12.1 Å². The molecule has 0 radical (unpaired) electrons. The van der Waals surface area contributed by atoms with Crippen LogP contribution in [0, 0.1) is 0 Å². The number of carboxylic acid groups (broad SMARTS) is 1. The second-order valence-electron chi connectivity index (χ2n) is 3.41. The van der Waals surface area contributed by atoms with Gasteiger partial charge in [0.05, 0.1) is 17.8 Å². The average Bonchev–Trinajstić information content (AvgIpc) is 2.38. The number of anilines is 1. The van der Waals surface area contributed by atoms with Gasteiger partial charge in [0.2, 0.25) is 0 Å². The van der Waals surface area contributed by atoms with Gasteiger partial charge in [0.1, 0.15) is 6.33 Å². The minimum atomic E-state index is -0.948. The topological polar surface area (TPSA) is 75.1 Å². The van der Waals surface area contributed by atoms with Crippen molar-refractivity contribution in [2.24, 2.45) is 0 Å². The normalized spacial score (nSPS) is 9.88. The number of benzene rings is 1. The zero-order chi connectivity index (χ0) is 12.1. The summed E-state index contributed by atoms with van der Waals surface area (Å²) in [5, 5.41) is 12.0. The molecule has 0 unspecified atom stereocenters. The van der Waals surface area contributed by atoms with Crippen LogP contribution in [0.4, 0.5) is 5.69 Å². The molecule has 0 amide bonds. The smallest absolute Gasteiger partial charge is 0.337 e. The highest BCUT2D eigenvalue weighted by molar-refractivity contribution is 5.94. The monoisotopic (exact) mass is 229 g/mol. The van der Waals surface area contributed by atoms with E-state index in [0.717, 1.165) is 5.69 Å². The SMILES string of the molecule is O=C(O)c1ccccc1NCc1ccncn1. The second-order valence-corrected chi connectivity index (χ2v) is 3.41. The lowest BCUT2D eigenvalue weighted by atomic mass is 10.2. The van der Waals surface area contributed by atoms with Gasteiger partial charge in [0, 0.05) is 11.9 Å². The fraction of sp³-hybridized carbons (Fsp3) is 0.0833. The van der Waals surface area contributed by atoms with E-state index in [4.69, 9.17) is 5.11 Å². The Bertz CT molecular complexity index is 514. The zero-order valence-corrected chi connectivity index (χ0v) is 9.00. The summed E-state index contributed by atoms with van der Waals surface area (Å²) in [6.07, 6.45) is 3.10. The minimum absolute atomic E-state index is 0.251. The van der Waals surface area contributed by atoms with Crippen molar-refractivity contribution in [3.8, 4) is 0 Å². The summed E-state index contributed by atoms with van der Waals surface area (Å²) in [4.78, 5) is 18.8. The number of nitrogens with zero attached hydrogens (tertiary/aromatic N) is 2. The number of rotatable bonds is 4. The number of aromatic nitrogens is 2. The molecular formula is C12H11N3O2. The molecule has 86 valence electrons. The molecule has 0 saturated carbocycles. The van der Waals surface area contributed by atoms with Crippen molar-refractivity contribution in [1.82, 2.24) is 9.97 Å². The summed E-state index contributed by atoms with van der Waals surface area (Å²) in [6, 6.07) is 8.54. The molecule has 0 aliphatic carbocycles. The van der Waals surface area contributed by atoms with Crippen molar-refractivity contribution in [3.05, 3.63) is 54.1 Å². The molecule has 5 nitrogen and oxygen atoms in total. The molecule has 1 aromatic heterocycles. The summed E-state index contributed by atoms with van der Waals surface area (Å²) in [7, 11) is 0. The van der Waals surface area contributed by atoms with Crippen LogP contribution in [0.2, 0.25) is 0 Å². The van der Waals surface area contributed by atoms with Crippen molar-refractivity contribution in [3.63, 3.8) is 0 Å². The van der Waals surface area contributed by atoms with Gasteiger partial charge in [-0.25, -0.2) is 14.8 Å². The molecule has 0 aliphatic rings. The van der Waals surface area contributed by atoms with Gasteiger partial charge in [-0.2, -0.15) is 0 Å². The molecule has 1 aromatic carbocycles. The lowest BCUT2D eigenvalue weighted by molar-refractivity contribution is 0.0698. The molecule has 0 bridgehead atoms. The highest BCUT2D eigenvalue weighted by Crippen LogP contribution is 2.15. The quantitative estimate of drug-likeness (QED) is 0.835. The third-order valence-corrected chi connectivity index (χ3v) is 2.26. The molecule has 0 aliphatic heterocycles. The fourth-order valence-electron chi connectivity index (χ4n) is 1.43. The predicted octanol–water partition coefficient (Wildman–Crippen LogP) is 1.79. The van der Waals surface area contributed by atoms with Crippen LogP contribution in [0.3, 0.4) is 0 Å². The minimum Gasteiger partial charge on any atom is -0.478 e. The van der Waals surface area contributed by atoms with E-state index < -0.39 is 5.97 Å². The zero-order valence-electron chi connectivity index (χ0n) is 9.00. The first kappa shape index (κ1) is 11.1. The van der Waals surface area contributed by atoms with Gasteiger partial charge in [0.15, 0.2) is 0 Å². The van der Waals surface area contributed by atoms with E-state index in [-0.39, 0.29) is 5.56 Å². The molecule has 1 heterocycles. The van der Waals surface area contributed by atoms with Crippen LogP contribution in [0.5, 0.6) is 0 Å². The number of hydrogen-bond acceptors (Lipinski definition) is 4. The first-order valence-electron chi connectivity index (χ1n) is 5.08. The first-order chi connectivity index (χ1) is 8.27. The van der Waals surface area contributed by atoms with E-state index in [1.165, 1.54) is 6.33 Å². The number of nitrogens with one attached hydrogen (secondary N) is 1. The van der Waals surface area contributed by atoms with Crippen molar-refractivity contribution in [1.29, 1.82) is 0 Å². The number of hydrogen-bond donors (Lipinski definition) is 2. The maximum absolute atomic E-state index is 11.0. The summed E-state index contributed by atoms with van der Waals surface area (Å²) < 4.78 is 0. The van der Waals surface area contributed by atoms with Gasteiger partial charge in [-0.15, -0.1) is 0 Å². The van der Waals surface area contributed by atoms with E-state index in [0.29, 0.717) is 12.2 Å². The molecular weight excluding hydrogens is 218 g/mol. The molecule has 2 rings (SSSR count). The Morgan fingerprint density at radius 3 is 2.82 bits per heavy atom. The number of aromatic carboxylic acids is 1. The van der Waals surface area contributed by atoms with Crippen LogP contribution in [-0.4, -0.2) is 21.0 Å². The molecule has 17 heavy (non-hydrogen) atoms. The largest absolute Gasteiger partial charge is 0.478 e. The van der Waals surface area contributed by atoms with Crippen molar-refractivity contribution in [2.75, 3.05) is 5.32 Å². The Morgan fingerprint density at radius 2 is 2.12 bits per heavy atom. The Balaban J connectivity index is 2.12. The van der Waals surface area contributed by atoms with E-state index in [1.54, 1.807) is 36.5 Å². The van der Waals surface area contributed by atoms with Gasteiger partial charge in [-0.05, 0) is 18.2 Å². The van der Waals surface area contributed by atoms with Crippen LogP contribution >= 0.6 is 0 Å². The van der Waals surface area contributed by atoms with Crippen LogP contribution in [0.1, 0.15) is 16.1 Å². The highest BCUT2D eigenvalue weighted by Gasteiger charge is 2.08. The van der Waals surface area contributed by atoms with E-state index in [1.807, 2.05) is 0 Å². The van der Waals surface area contributed by atoms with Gasteiger partial charge in [-0.3, -0.25) is 0 Å². The van der Waals surface area contributed by atoms with Gasteiger partial charge in [0.25, 0.3) is 0 Å². The standard InChI is InChI=1S/C12H11N3O2/c16-12(17)10-3-1-2-4-11(10)14-7-9-5-6-13-8-15-9/h1-6,8,14H,7H2,(H,16,17). The Morgan fingerprint density at radius 1 is 1.29 bits per heavy atom. The van der Waals surface area contributed by atoms with Gasteiger partial charge >= 0.3 is 5.97 Å². The second kappa shape index (κ2) is 5.07. The Labute approximate surface area is 98.2 Å². The summed E-state index contributed by atoms with van der Waals surface area (Å²) in [6.45, 7) is 0.465. The molecule has 2 N–H and O–H groups in total. The molecule has 0 fully saturated rings. The van der Waals surface area contributed by atoms with Gasteiger partial charge < -0.3 is 10.4 Å². The van der Waals surface area contributed by atoms with Crippen LogP contribution in [0.15, 0.2) is 42.9 Å². The van der Waals surface area contributed by atoms with Crippen LogP contribution in [-0.2, 0) is 6.54 Å². The summed E-state index contributed by atoms with van der Waals surface area (Å²) in [5.74, 6) is -0.948. The number of carbonyl (C=O) groups is 1. The third-order valence-electron chi connectivity index (χ3n) is 2.26. The first-order valence-corrected chi connectivity index (χ1v) is 5.08. The molecule has 5 heteroatoms. The molecule has 0 spiro atoms. The summed E-state index contributed by atoms with van der Waals surface area (Å²) >= 11 is 0. The van der Waals surface area contributed by atoms with Crippen molar-refractivity contribution >= 4 is 11.7 Å². The lowest BCUT2D eigenvalue weighted by Crippen LogP contribution is -2.07. The molecule has 0 saturated heterocycles. The van der Waals surface area contributed by atoms with Crippen molar-refractivity contribution < 1.29 is 9.90 Å². The molecule has 0 atom stereocenters. The fourth-order valence-corrected chi connectivity index (χ4v) is 1.43. The number of carboxylic acids is 1. The van der Waals surface area contributed by atoms with Crippen LogP contribution < -0.4 is 5.32 Å². The Kier molecular flexibility index (Phi) is 3.30. The van der Waals surface area contributed by atoms with Crippen LogP contribution in [0.25, 0.3) is 0 Å².